The van der Waals surface area contributed by atoms with Crippen LogP contribution in [-0.4, -0.2) is 15.4 Å². The second-order valence-electron chi connectivity index (χ2n) is 4.66. The van der Waals surface area contributed by atoms with E-state index >= 15 is 0 Å². The number of carbonyl (C=O) groups is 1. The number of halogens is 1. The van der Waals surface area contributed by atoms with Gasteiger partial charge in [0.05, 0.1) is 5.69 Å². The monoisotopic (exact) mass is 394 g/mol. The average molecular weight is 395 g/mol. The number of carbonyl (C=O) groups excluding carboxylic acids is 1. The van der Waals surface area contributed by atoms with Crippen LogP contribution >= 0.6 is 27.3 Å². The quantitative estimate of drug-likeness (QED) is 0.501. The number of nitrogens with zero attached hydrogens (tertiary/aromatic N) is 2. The smallest absolute Gasteiger partial charge is 0.331 e. The normalized spacial score (nSPS) is 11.4. The van der Waals surface area contributed by atoms with Gasteiger partial charge >= 0.3 is 5.97 Å². The molecule has 3 heterocycles. The van der Waals surface area contributed by atoms with Crippen molar-refractivity contribution in [1.82, 2.24) is 9.38 Å². The maximum atomic E-state index is 12.0. The first kappa shape index (κ1) is 15.7. The lowest BCUT2D eigenvalue weighted by atomic mass is 10.4. The summed E-state index contributed by atoms with van der Waals surface area (Å²) >= 11 is 4.54. The highest BCUT2D eigenvalue weighted by molar-refractivity contribution is 9.10. The molecule has 0 aromatic carbocycles. The molecule has 0 aliphatic carbocycles. The van der Waals surface area contributed by atoms with Gasteiger partial charge in [0.2, 0.25) is 0 Å². The predicted octanol–water partition coefficient (Wildman–Crippen LogP) is 3.18. The van der Waals surface area contributed by atoms with Crippen LogP contribution in [0.3, 0.4) is 0 Å². The van der Waals surface area contributed by atoms with E-state index in [1.165, 1.54) is 34.0 Å². The zero-order chi connectivity index (χ0) is 16.4. The first-order valence-electron chi connectivity index (χ1n) is 6.60. The van der Waals surface area contributed by atoms with Crippen LogP contribution in [-0.2, 0) is 16.1 Å². The molecule has 0 amide bonds. The molecule has 23 heavy (non-hydrogen) atoms. The molecule has 0 radical (unpaired) electrons. The number of aromatic nitrogens is 2. The Bertz CT molecular complexity index is 954. The Morgan fingerprint density at radius 3 is 3.09 bits per heavy atom. The summed E-state index contributed by atoms with van der Waals surface area (Å²) in [7, 11) is 0. The summed E-state index contributed by atoms with van der Waals surface area (Å²) in [5, 5.41) is 1.85. The lowest BCUT2D eigenvalue weighted by Gasteiger charge is -2.02. The molecule has 118 valence electrons. The minimum atomic E-state index is -0.540. The third-order valence-electron chi connectivity index (χ3n) is 2.97. The Kier molecular flexibility index (Phi) is 4.44. The van der Waals surface area contributed by atoms with Crippen LogP contribution in [0.2, 0.25) is 0 Å². The molecule has 0 N–H and O–H groups in total. The van der Waals surface area contributed by atoms with Crippen molar-refractivity contribution < 1.29 is 13.9 Å². The molecular weight excluding hydrogens is 384 g/mol. The zero-order valence-electron chi connectivity index (χ0n) is 12.0. The zero-order valence-corrected chi connectivity index (χ0v) is 14.4. The van der Waals surface area contributed by atoms with Crippen LogP contribution in [0.25, 0.3) is 11.0 Å². The Balaban J connectivity index is 1.67. The maximum absolute atomic E-state index is 12.0. The number of hydrogen-bond donors (Lipinski definition) is 0. The molecule has 3 aromatic rings. The lowest BCUT2D eigenvalue weighted by Crippen LogP contribution is -2.16. The average Bonchev–Trinajstić information content (AvgIpc) is 3.09. The van der Waals surface area contributed by atoms with Gasteiger partial charge in [0.1, 0.15) is 12.4 Å². The van der Waals surface area contributed by atoms with Crippen LogP contribution in [0.4, 0.5) is 0 Å². The van der Waals surface area contributed by atoms with Crippen LogP contribution in [0.5, 0.6) is 0 Å². The van der Waals surface area contributed by atoms with Crippen molar-refractivity contribution in [2.45, 2.75) is 13.5 Å². The van der Waals surface area contributed by atoms with E-state index in [4.69, 9.17) is 9.15 Å². The third kappa shape index (κ3) is 3.59. The van der Waals surface area contributed by atoms with Crippen molar-refractivity contribution in [1.29, 1.82) is 0 Å². The fourth-order valence-electron chi connectivity index (χ4n) is 1.94. The van der Waals surface area contributed by atoms with Gasteiger partial charge < -0.3 is 9.15 Å². The standard InChI is InChI=1S/C15H11BrN2O4S/c1-9-8-23-15-17-10(6-13(19)18(9)15)7-21-14(20)5-3-11-2-4-12(16)22-11/h2-6,8H,7H2,1H3/b5-3+. The minimum Gasteiger partial charge on any atom is -0.456 e. The molecule has 0 bridgehead atoms. The van der Waals surface area contributed by atoms with Gasteiger partial charge in [0.25, 0.3) is 5.56 Å². The number of aryl methyl sites for hydroxylation is 1. The molecule has 0 unspecified atom stereocenters. The van der Waals surface area contributed by atoms with E-state index in [0.29, 0.717) is 21.1 Å². The molecule has 0 spiro atoms. The molecule has 0 aliphatic rings. The highest BCUT2D eigenvalue weighted by Gasteiger charge is 2.08. The summed E-state index contributed by atoms with van der Waals surface area (Å²) in [6.45, 7) is 1.78. The molecule has 3 aromatic heterocycles. The molecule has 0 saturated carbocycles. The Labute approximate surface area is 143 Å². The topological polar surface area (TPSA) is 73.8 Å². The molecule has 0 atom stereocenters. The number of thiazole rings is 1. The van der Waals surface area contributed by atoms with E-state index in [-0.39, 0.29) is 12.2 Å². The molecule has 0 aliphatic heterocycles. The number of esters is 1. The van der Waals surface area contributed by atoms with Crippen LogP contribution in [0, 0.1) is 6.92 Å². The van der Waals surface area contributed by atoms with Gasteiger partial charge in [-0.3, -0.25) is 9.20 Å². The second kappa shape index (κ2) is 6.51. The van der Waals surface area contributed by atoms with Gasteiger partial charge in [-0.25, -0.2) is 9.78 Å². The SMILES string of the molecule is Cc1csc2nc(COC(=O)/C=C/c3ccc(Br)o3)cc(=O)n12. The molecule has 3 rings (SSSR count). The number of hydrogen-bond acceptors (Lipinski definition) is 6. The number of rotatable bonds is 4. The van der Waals surface area contributed by atoms with E-state index in [9.17, 15) is 9.59 Å². The van der Waals surface area contributed by atoms with Crippen LogP contribution in [0.1, 0.15) is 17.1 Å². The van der Waals surface area contributed by atoms with E-state index in [1.54, 1.807) is 12.1 Å². The summed E-state index contributed by atoms with van der Waals surface area (Å²) in [5.41, 5.74) is 1.06. The van der Waals surface area contributed by atoms with Gasteiger partial charge in [0, 0.05) is 23.2 Å². The maximum Gasteiger partial charge on any atom is 0.331 e. The first-order chi connectivity index (χ1) is 11.0. The molecule has 8 heteroatoms. The van der Waals surface area contributed by atoms with E-state index < -0.39 is 5.97 Å². The van der Waals surface area contributed by atoms with E-state index in [0.717, 1.165) is 5.69 Å². The summed E-state index contributed by atoms with van der Waals surface area (Å²) in [6.07, 6.45) is 2.76. The predicted molar refractivity (Wildman–Crippen MR) is 89.3 cm³/mol. The van der Waals surface area contributed by atoms with Crippen molar-refractivity contribution >= 4 is 44.3 Å². The molecule has 0 saturated heterocycles. The Morgan fingerprint density at radius 2 is 2.35 bits per heavy atom. The van der Waals surface area contributed by atoms with Crippen molar-refractivity contribution in [2.75, 3.05) is 0 Å². The number of ether oxygens (including phenoxy) is 1. The number of fused-ring (bicyclic) bond motifs is 1. The highest BCUT2D eigenvalue weighted by Crippen LogP contribution is 2.15. The van der Waals surface area contributed by atoms with Crippen molar-refractivity contribution in [3.8, 4) is 0 Å². The molecule has 6 nitrogen and oxygen atoms in total. The van der Waals surface area contributed by atoms with E-state index in [1.807, 2.05) is 12.3 Å². The summed E-state index contributed by atoms with van der Waals surface area (Å²) in [4.78, 5) is 28.6. The number of furan rings is 1. The fourth-order valence-corrected chi connectivity index (χ4v) is 3.15. The van der Waals surface area contributed by atoms with Crippen molar-refractivity contribution in [3.63, 3.8) is 0 Å². The van der Waals surface area contributed by atoms with E-state index in [2.05, 4.69) is 20.9 Å². The second-order valence-corrected chi connectivity index (χ2v) is 6.28. The Hall–Kier alpha value is -2.19. The van der Waals surface area contributed by atoms with Crippen LogP contribution < -0.4 is 5.56 Å². The van der Waals surface area contributed by atoms with Crippen molar-refractivity contribution in [2.24, 2.45) is 0 Å². The molecule has 0 fully saturated rings. The third-order valence-corrected chi connectivity index (χ3v) is 4.34. The van der Waals surface area contributed by atoms with Gasteiger partial charge in [-0.1, -0.05) is 0 Å². The summed E-state index contributed by atoms with van der Waals surface area (Å²) in [5.74, 6) is -0.0115. The summed E-state index contributed by atoms with van der Waals surface area (Å²) in [6, 6.07) is 4.80. The van der Waals surface area contributed by atoms with Crippen molar-refractivity contribution in [3.05, 3.63) is 61.8 Å². The fraction of sp³-hybridized carbons (Fsp3) is 0.133. The van der Waals surface area contributed by atoms with Gasteiger partial charge in [0.15, 0.2) is 9.63 Å². The molecular formula is C15H11BrN2O4S. The highest BCUT2D eigenvalue weighted by atomic mass is 79.9. The minimum absolute atomic E-state index is 0.0618. The Morgan fingerprint density at radius 1 is 1.52 bits per heavy atom. The van der Waals surface area contributed by atoms with Gasteiger partial charge in [-0.15, -0.1) is 11.3 Å². The first-order valence-corrected chi connectivity index (χ1v) is 8.27. The largest absolute Gasteiger partial charge is 0.456 e. The summed E-state index contributed by atoms with van der Waals surface area (Å²) < 4.78 is 12.4. The lowest BCUT2D eigenvalue weighted by molar-refractivity contribution is -0.139. The van der Waals surface area contributed by atoms with Crippen LogP contribution in [0.15, 0.2) is 43.5 Å². The van der Waals surface area contributed by atoms with Gasteiger partial charge in [-0.05, 0) is 41.1 Å². The van der Waals surface area contributed by atoms with Gasteiger partial charge in [-0.2, -0.15) is 0 Å².